The van der Waals surface area contributed by atoms with Gasteiger partial charge in [0.2, 0.25) is 0 Å². The van der Waals surface area contributed by atoms with E-state index in [0.717, 1.165) is 62.6 Å². The molecule has 2 aromatic carbocycles. The van der Waals surface area contributed by atoms with Crippen LogP contribution in [0.5, 0.6) is 17.2 Å². The van der Waals surface area contributed by atoms with E-state index in [0.29, 0.717) is 0 Å². The van der Waals surface area contributed by atoms with Crippen LogP contribution in [-0.2, 0) is 16.7 Å². The minimum absolute atomic E-state index is 0.0280. The van der Waals surface area contributed by atoms with Crippen LogP contribution in [0.15, 0.2) is 42.5 Å². The van der Waals surface area contributed by atoms with Gasteiger partial charge in [0.15, 0.2) is 11.5 Å². The van der Waals surface area contributed by atoms with Gasteiger partial charge in [0.25, 0.3) is 0 Å². The van der Waals surface area contributed by atoms with Crippen LogP contribution in [0, 0.1) is 0 Å². The van der Waals surface area contributed by atoms with Crippen LogP contribution in [0.3, 0.4) is 0 Å². The van der Waals surface area contributed by atoms with Crippen molar-refractivity contribution >= 4 is 0 Å². The molecule has 0 aliphatic carbocycles. The van der Waals surface area contributed by atoms with E-state index in [1.165, 1.54) is 11.1 Å². The predicted octanol–water partition coefficient (Wildman–Crippen LogP) is 5.11. The standard InChI is InChI=1S/C26H37NO4/c1-6-25(2)19-26(14-16-31-25,21-9-7-8-10-22(21)28-3)13-15-27-18-20-11-12-23(29-4)24(17-20)30-5/h7-12,17,27H,6,13-16,18-19H2,1-5H3/t25-,26-/m0/s1. The zero-order chi connectivity index (χ0) is 22.3. The third-order valence-corrected chi connectivity index (χ3v) is 6.73. The molecule has 1 saturated heterocycles. The van der Waals surface area contributed by atoms with E-state index >= 15 is 0 Å². The van der Waals surface area contributed by atoms with Crippen LogP contribution < -0.4 is 19.5 Å². The number of methoxy groups -OCH3 is 3. The predicted molar refractivity (Wildman–Crippen MR) is 124 cm³/mol. The molecule has 1 aliphatic heterocycles. The molecule has 0 radical (unpaired) electrons. The SMILES string of the molecule is CC[C@@]1(C)C[C@@](CCNCc2ccc(OC)c(OC)c2)(c2ccccc2OC)CCO1. The molecule has 0 saturated carbocycles. The Balaban J connectivity index is 1.74. The average Bonchev–Trinajstić information content (AvgIpc) is 2.81. The minimum Gasteiger partial charge on any atom is -0.496 e. The highest BCUT2D eigenvalue weighted by Crippen LogP contribution is 2.47. The number of para-hydroxylation sites is 1. The Hall–Kier alpha value is -2.24. The van der Waals surface area contributed by atoms with Crippen LogP contribution >= 0.6 is 0 Å². The van der Waals surface area contributed by atoms with Crippen LogP contribution in [0.4, 0.5) is 0 Å². The highest BCUT2D eigenvalue weighted by Gasteiger charge is 2.44. The molecule has 3 rings (SSSR count). The average molecular weight is 428 g/mol. The van der Waals surface area contributed by atoms with E-state index in [9.17, 15) is 0 Å². The highest BCUT2D eigenvalue weighted by atomic mass is 16.5. The van der Waals surface area contributed by atoms with E-state index < -0.39 is 0 Å². The van der Waals surface area contributed by atoms with Gasteiger partial charge in [-0.15, -0.1) is 0 Å². The summed E-state index contributed by atoms with van der Waals surface area (Å²) in [5.41, 5.74) is 2.39. The fraction of sp³-hybridized carbons (Fsp3) is 0.538. The van der Waals surface area contributed by atoms with E-state index in [1.54, 1.807) is 21.3 Å². The Morgan fingerprint density at radius 2 is 1.71 bits per heavy atom. The van der Waals surface area contributed by atoms with Crippen LogP contribution in [-0.4, -0.2) is 40.1 Å². The van der Waals surface area contributed by atoms with Gasteiger partial charge in [-0.25, -0.2) is 0 Å². The lowest BCUT2D eigenvalue weighted by Gasteiger charge is -2.47. The van der Waals surface area contributed by atoms with Crippen LogP contribution in [0.1, 0.15) is 50.7 Å². The first-order chi connectivity index (χ1) is 15.0. The molecule has 0 bridgehead atoms. The molecule has 2 atom stereocenters. The zero-order valence-corrected chi connectivity index (χ0v) is 19.6. The smallest absolute Gasteiger partial charge is 0.161 e. The molecular weight excluding hydrogens is 390 g/mol. The topological polar surface area (TPSA) is 49.0 Å². The van der Waals surface area contributed by atoms with Crippen molar-refractivity contribution < 1.29 is 18.9 Å². The Morgan fingerprint density at radius 3 is 2.42 bits per heavy atom. The second-order valence-electron chi connectivity index (χ2n) is 8.68. The van der Waals surface area contributed by atoms with Crippen molar-refractivity contribution in [3.8, 4) is 17.2 Å². The van der Waals surface area contributed by atoms with Gasteiger partial charge in [-0.05, 0) is 62.9 Å². The van der Waals surface area contributed by atoms with Crippen molar-refractivity contribution in [1.29, 1.82) is 0 Å². The van der Waals surface area contributed by atoms with Gasteiger partial charge in [0.1, 0.15) is 5.75 Å². The Kier molecular flexibility index (Phi) is 7.84. The molecule has 170 valence electrons. The molecule has 0 amide bonds. The maximum atomic E-state index is 6.20. The molecule has 0 unspecified atom stereocenters. The monoisotopic (exact) mass is 427 g/mol. The maximum Gasteiger partial charge on any atom is 0.161 e. The van der Waals surface area contributed by atoms with Gasteiger partial charge >= 0.3 is 0 Å². The maximum absolute atomic E-state index is 6.20. The number of benzene rings is 2. The summed E-state index contributed by atoms with van der Waals surface area (Å²) in [6.07, 6.45) is 4.03. The molecule has 1 fully saturated rings. The Bertz CT molecular complexity index is 855. The summed E-state index contributed by atoms with van der Waals surface area (Å²) in [5, 5.41) is 3.64. The third-order valence-electron chi connectivity index (χ3n) is 6.73. The van der Waals surface area contributed by atoms with Crippen molar-refractivity contribution in [3.05, 3.63) is 53.6 Å². The van der Waals surface area contributed by atoms with Gasteiger partial charge in [-0.1, -0.05) is 31.2 Å². The van der Waals surface area contributed by atoms with E-state index in [1.807, 2.05) is 18.2 Å². The molecule has 1 N–H and O–H groups in total. The summed E-state index contributed by atoms with van der Waals surface area (Å²) in [4.78, 5) is 0. The summed E-state index contributed by atoms with van der Waals surface area (Å²) in [7, 11) is 5.09. The molecule has 2 aromatic rings. The largest absolute Gasteiger partial charge is 0.496 e. The molecule has 5 nitrogen and oxygen atoms in total. The summed E-state index contributed by atoms with van der Waals surface area (Å²) >= 11 is 0. The summed E-state index contributed by atoms with van der Waals surface area (Å²) in [6.45, 7) is 6.93. The van der Waals surface area contributed by atoms with Crippen molar-refractivity contribution in [2.75, 3.05) is 34.5 Å². The van der Waals surface area contributed by atoms with Gasteiger partial charge in [0, 0.05) is 24.1 Å². The van der Waals surface area contributed by atoms with Crippen LogP contribution in [0.2, 0.25) is 0 Å². The fourth-order valence-corrected chi connectivity index (χ4v) is 4.79. The molecular formula is C26H37NO4. The summed E-state index contributed by atoms with van der Waals surface area (Å²) in [5.74, 6) is 2.49. The molecule has 31 heavy (non-hydrogen) atoms. The molecule has 1 aliphatic rings. The van der Waals surface area contributed by atoms with Crippen LogP contribution in [0.25, 0.3) is 0 Å². The Morgan fingerprint density at radius 1 is 0.968 bits per heavy atom. The van der Waals surface area contributed by atoms with E-state index in [2.05, 4.69) is 43.4 Å². The normalized spacial score (nSPS) is 23.4. The van der Waals surface area contributed by atoms with Gasteiger partial charge < -0.3 is 24.3 Å². The lowest BCUT2D eigenvalue weighted by molar-refractivity contribution is -0.0982. The first-order valence-corrected chi connectivity index (χ1v) is 11.2. The molecule has 5 heteroatoms. The fourth-order valence-electron chi connectivity index (χ4n) is 4.79. The first kappa shape index (κ1) is 23.4. The summed E-state index contributed by atoms with van der Waals surface area (Å²) < 4.78 is 22.7. The number of ether oxygens (including phenoxy) is 4. The lowest BCUT2D eigenvalue weighted by atomic mass is 9.66. The minimum atomic E-state index is -0.109. The van der Waals surface area contributed by atoms with Gasteiger partial charge in [0.05, 0.1) is 26.9 Å². The molecule has 1 heterocycles. The van der Waals surface area contributed by atoms with Gasteiger partial charge in [-0.3, -0.25) is 0 Å². The Labute approximate surface area is 187 Å². The van der Waals surface area contributed by atoms with Crippen molar-refractivity contribution in [2.45, 2.75) is 57.1 Å². The molecule has 0 spiro atoms. The lowest BCUT2D eigenvalue weighted by Crippen LogP contribution is -2.46. The van der Waals surface area contributed by atoms with Crippen molar-refractivity contribution in [1.82, 2.24) is 5.32 Å². The number of hydrogen-bond acceptors (Lipinski definition) is 5. The first-order valence-electron chi connectivity index (χ1n) is 11.2. The van der Waals surface area contributed by atoms with Crippen molar-refractivity contribution in [2.24, 2.45) is 0 Å². The molecule has 0 aromatic heterocycles. The quantitative estimate of drug-likeness (QED) is 0.534. The number of rotatable bonds is 10. The zero-order valence-electron chi connectivity index (χ0n) is 19.6. The number of hydrogen-bond donors (Lipinski definition) is 1. The van der Waals surface area contributed by atoms with E-state index in [-0.39, 0.29) is 11.0 Å². The van der Waals surface area contributed by atoms with E-state index in [4.69, 9.17) is 18.9 Å². The number of nitrogens with one attached hydrogen (secondary N) is 1. The third kappa shape index (κ3) is 5.34. The second kappa shape index (κ2) is 10.4. The highest BCUT2D eigenvalue weighted by molar-refractivity contribution is 5.43. The summed E-state index contributed by atoms with van der Waals surface area (Å²) in [6, 6.07) is 14.5. The van der Waals surface area contributed by atoms with Crippen molar-refractivity contribution in [3.63, 3.8) is 0 Å². The van der Waals surface area contributed by atoms with Gasteiger partial charge in [-0.2, -0.15) is 0 Å². The second-order valence-corrected chi connectivity index (χ2v) is 8.68.